The van der Waals surface area contributed by atoms with Crippen molar-refractivity contribution in [3.8, 4) is 0 Å². The number of nitrogens with zero attached hydrogens (tertiary/aromatic N) is 2. The highest BCUT2D eigenvalue weighted by Gasteiger charge is 2.08. The van der Waals surface area contributed by atoms with Crippen molar-refractivity contribution in [1.82, 2.24) is 15.2 Å². The quantitative estimate of drug-likeness (QED) is 0.571. The van der Waals surface area contributed by atoms with E-state index in [9.17, 15) is 4.79 Å². The fraction of sp³-hybridized carbons (Fsp3) is 0.571. The van der Waals surface area contributed by atoms with Gasteiger partial charge in [0.15, 0.2) is 0 Å². The van der Waals surface area contributed by atoms with E-state index in [4.69, 9.17) is 11.6 Å². The minimum Gasteiger partial charge on any atom is -0.373 e. The Labute approximate surface area is 125 Å². The van der Waals surface area contributed by atoms with Gasteiger partial charge in [-0.3, -0.25) is 4.79 Å². The zero-order valence-electron chi connectivity index (χ0n) is 12.4. The largest absolute Gasteiger partial charge is 0.373 e. The molecule has 1 aromatic heterocycles. The van der Waals surface area contributed by atoms with Crippen LogP contribution in [0.1, 0.15) is 30.6 Å². The number of hydrogen-bond acceptors (Lipinski definition) is 4. The predicted molar refractivity (Wildman–Crippen MR) is 83.5 cm³/mol. The van der Waals surface area contributed by atoms with Gasteiger partial charge in [-0.1, -0.05) is 25.4 Å². The fourth-order valence-corrected chi connectivity index (χ4v) is 2.11. The topological polar surface area (TPSA) is 57.3 Å². The molecule has 2 N–H and O–H groups in total. The number of rotatable bonds is 8. The summed E-state index contributed by atoms with van der Waals surface area (Å²) in [5.74, 6) is 0.469. The second kappa shape index (κ2) is 8.76. The summed E-state index contributed by atoms with van der Waals surface area (Å²) in [4.78, 5) is 18.4. The van der Waals surface area contributed by atoms with Gasteiger partial charge in [0.2, 0.25) is 0 Å². The van der Waals surface area contributed by atoms with E-state index in [1.165, 1.54) is 0 Å². The van der Waals surface area contributed by atoms with Crippen LogP contribution in [0.25, 0.3) is 0 Å². The van der Waals surface area contributed by atoms with Crippen molar-refractivity contribution in [3.05, 3.63) is 22.8 Å². The Morgan fingerprint density at radius 2 is 2.05 bits per heavy atom. The number of halogens is 1. The van der Waals surface area contributed by atoms with Crippen LogP contribution in [0.2, 0.25) is 5.15 Å². The summed E-state index contributed by atoms with van der Waals surface area (Å²) < 4.78 is 0. The van der Waals surface area contributed by atoms with Crippen molar-refractivity contribution >= 4 is 23.3 Å². The number of pyridine rings is 1. The monoisotopic (exact) mass is 298 g/mol. The lowest BCUT2D eigenvalue weighted by Gasteiger charge is -2.17. The van der Waals surface area contributed by atoms with E-state index in [-0.39, 0.29) is 5.91 Å². The Balaban J connectivity index is 2.45. The molecular formula is C14H23ClN4O. The molecular weight excluding hydrogens is 276 g/mol. The van der Waals surface area contributed by atoms with Crippen molar-refractivity contribution in [3.63, 3.8) is 0 Å². The van der Waals surface area contributed by atoms with Gasteiger partial charge < -0.3 is 15.5 Å². The second-order valence-corrected chi connectivity index (χ2v) is 4.84. The molecule has 0 aliphatic carbocycles. The molecule has 0 unspecified atom stereocenters. The van der Waals surface area contributed by atoms with Gasteiger partial charge in [-0.2, -0.15) is 0 Å². The van der Waals surface area contributed by atoms with Crippen LogP contribution < -0.4 is 10.6 Å². The molecule has 0 fully saturated rings. The molecule has 0 saturated heterocycles. The Bertz CT molecular complexity index is 435. The number of carbonyl (C=O) groups excluding carboxylic acids is 1. The summed E-state index contributed by atoms with van der Waals surface area (Å²) in [6, 6.07) is 3.26. The lowest BCUT2D eigenvalue weighted by molar-refractivity contribution is 0.0952. The molecule has 0 saturated carbocycles. The molecule has 0 aliphatic rings. The van der Waals surface area contributed by atoms with Gasteiger partial charge in [-0.25, -0.2) is 4.98 Å². The van der Waals surface area contributed by atoms with Crippen molar-refractivity contribution in [2.45, 2.75) is 20.3 Å². The molecule has 1 rings (SSSR count). The molecule has 0 aliphatic heterocycles. The minimum atomic E-state index is -0.120. The lowest BCUT2D eigenvalue weighted by Crippen LogP contribution is -2.30. The van der Waals surface area contributed by atoms with Gasteiger partial charge in [0.25, 0.3) is 5.91 Å². The highest BCUT2D eigenvalue weighted by molar-refractivity contribution is 6.29. The average Bonchev–Trinajstić information content (AvgIpc) is 2.46. The first-order valence-electron chi connectivity index (χ1n) is 6.96. The van der Waals surface area contributed by atoms with Crippen LogP contribution >= 0.6 is 11.6 Å². The zero-order valence-corrected chi connectivity index (χ0v) is 13.1. The molecule has 5 nitrogen and oxygen atoms in total. The first-order valence-corrected chi connectivity index (χ1v) is 7.34. The standard InChI is InChI=1S/C14H23ClN4O/c1-4-19(5-2)8-6-7-17-14(20)11-9-12(15)18-13(10-11)16-3/h9-10H,4-8H2,1-3H3,(H,16,18)(H,17,20). The Morgan fingerprint density at radius 3 is 2.65 bits per heavy atom. The van der Waals surface area contributed by atoms with Gasteiger partial charge in [-0.05, 0) is 38.2 Å². The van der Waals surface area contributed by atoms with Crippen LogP contribution in [-0.4, -0.2) is 49.0 Å². The molecule has 0 atom stereocenters. The SMILES string of the molecule is CCN(CC)CCCNC(=O)c1cc(Cl)nc(NC)c1. The van der Waals surface area contributed by atoms with Crippen LogP contribution in [0, 0.1) is 0 Å². The van der Waals surface area contributed by atoms with Crippen molar-refractivity contribution in [2.24, 2.45) is 0 Å². The maximum absolute atomic E-state index is 12.0. The number of hydrogen-bond donors (Lipinski definition) is 2. The Kier molecular flexibility index (Phi) is 7.33. The highest BCUT2D eigenvalue weighted by Crippen LogP contribution is 2.13. The molecule has 20 heavy (non-hydrogen) atoms. The molecule has 1 aromatic rings. The van der Waals surface area contributed by atoms with Crippen LogP contribution in [0.3, 0.4) is 0 Å². The van der Waals surface area contributed by atoms with E-state index in [1.807, 2.05) is 0 Å². The summed E-state index contributed by atoms with van der Waals surface area (Å²) >= 11 is 5.88. The number of aromatic nitrogens is 1. The lowest BCUT2D eigenvalue weighted by atomic mass is 10.2. The van der Waals surface area contributed by atoms with E-state index < -0.39 is 0 Å². The number of nitrogens with one attached hydrogen (secondary N) is 2. The van der Waals surface area contributed by atoms with Crippen LogP contribution in [-0.2, 0) is 0 Å². The smallest absolute Gasteiger partial charge is 0.251 e. The zero-order chi connectivity index (χ0) is 15.0. The third kappa shape index (κ3) is 5.35. The second-order valence-electron chi connectivity index (χ2n) is 4.45. The fourth-order valence-electron chi connectivity index (χ4n) is 1.90. The molecule has 1 amide bonds. The third-order valence-electron chi connectivity index (χ3n) is 3.14. The molecule has 0 radical (unpaired) electrons. The van der Waals surface area contributed by atoms with Gasteiger partial charge in [0.05, 0.1) is 0 Å². The maximum atomic E-state index is 12.0. The summed E-state index contributed by atoms with van der Waals surface area (Å²) in [6.45, 7) is 8.00. The number of carbonyl (C=O) groups is 1. The summed E-state index contributed by atoms with van der Waals surface area (Å²) in [7, 11) is 1.74. The third-order valence-corrected chi connectivity index (χ3v) is 3.34. The highest BCUT2D eigenvalue weighted by atomic mass is 35.5. The molecule has 0 spiro atoms. The summed E-state index contributed by atoms with van der Waals surface area (Å²) in [5, 5.41) is 6.09. The Hall–Kier alpha value is -1.33. The van der Waals surface area contributed by atoms with Gasteiger partial charge in [-0.15, -0.1) is 0 Å². The van der Waals surface area contributed by atoms with E-state index in [1.54, 1.807) is 19.2 Å². The predicted octanol–water partition coefficient (Wildman–Crippen LogP) is 2.24. The van der Waals surface area contributed by atoms with Crippen molar-refractivity contribution in [2.75, 3.05) is 38.5 Å². The average molecular weight is 299 g/mol. The molecule has 1 heterocycles. The van der Waals surface area contributed by atoms with Crippen LogP contribution in [0.15, 0.2) is 12.1 Å². The van der Waals surface area contributed by atoms with E-state index in [0.29, 0.717) is 23.1 Å². The minimum absolute atomic E-state index is 0.120. The normalized spacial score (nSPS) is 10.7. The first-order chi connectivity index (χ1) is 9.60. The number of amides is 1. The Morgan fingerprint density at radius 1 is 1.35 bits per heavy atom. The molecule has 0 aromatic carbocycles. The van der Waals surface area contributed by atoms with E-state index >= 15 is 0 Å². The van der Waals surface area contributed by atoms with Crippen molar-refractivity contribution < 1.29 is 4.79 Å². The molecule has 6 heteroatoms. The van der Waals surface area contributed by atoms with E-state index in [0.717, 1.165) is 26.1 Å². The van der Waals surface area contributed by atoms with Crippen molar-refractivity contribution in [1.29, 1.82) is 0 Å². The van der Waals surface area contributed by atoms with Crippen LogP contribution in [0.4, 0.5) is 5.82 Å². The van der Waals surface area contributed by atoms with Gasteiger partial charge >= 0.3 is 0 Å². The van der Waals surface area contributed by atoms with Gasteiger partial charge in [0.1, 0.15) is 11.0 Å². The van der Waals surface area contributed by atoms with E-state index in [2.05, 4.69) is 34.4 Å². The first kappa shape index (κ1) is 16.7. The summed E-state index contributed by atoms with van der Waals surface area (Å²) in [5.41, 5.74) is 0.525. The molecule has 0 bridgehead atoms. The summed E-state index contributed by atoms with van der Waals surface area (Å²) in [6.07, 6.45) is 0.936. The maximum Gasteiger partial charge on any atom is 0.251 e. The molecule has 112 valence electrons. The van der Waals surface area contributed by atoms with Crippen LogP contribution in [0.5, 0.6) is 0 Å². The van der Waals surface area contributed by atoms with Gasteiger partial charge in [0, 0.05) is 19.2 Å². The number of anilines is 1.